The van der Waals surface area contributed by atoms with Gasteiger partial charge in [0.2, 0.25) is 0 Å². The van der Waals surface area contributed by atoms with E-state index >= 15 is 0 Å². The first-order valence-electron chi connectivity index (χ1n) is 8.10. The second kappa shape index (κ2) is 7.72. The van der Waals surface area contributed by atoms with Gasteiger partial charge in [0.15, 0.2) is 11.3 Å². The van der Waals surface area contributed by atoms with Gasteiger partial charge in [-0.1, -0.05) is 18.2 Å². The molecule has 0 saturated heterocycles. The first kappa shape index (κ1) is 18.2. The van der Waals surface area contributed by atoms with Crippen molar-refractivity contribution in [1.82, 2.24) is 10.2 Å². The molecule has 0 unspecified atom stereocenters. The largest absolute Gasteiger partial charge is 0.493 e. The highest BCUT2D eigenvalue weighted by Gasteiger charge is 2.19. The maximum absolute atomic E-state index is 12.5. The number of benzene rings is 1. The van der Waals surface area contributed by atoms with Crippen LogP contribution in [0.5, 0.6) is 5.75 Å². The van der Waals surface area contributed by atoms with Crippen molar-refractivity contribution in [2.45, 2.75) is 6.04 Å². The Hall–Kier alpha value is -2.64. The van der Waals surface area contributed by atoms with Crippen LogP contribution in [-0.4, -0.2) is 38.6 Å². The minimum atomic E-state index is -0.683. The Morgan fingerprint density at radius 2 is 2.12 bits per heavy atom. The van der Waals surface area contributed by atoms with Gasteiger partial charge in [-0.25, -0.2) is 4.79 Å². The lowest BCUT2D eigenvalue weighted by Crippen LogP contribution is -2.36. The summed E-state index contributed by atoms with van der Waals surface area (Å²) in [6, 6.07) is 10.8. The van der Waals surface area contributed by atoms with Gasteiger partial charge in [0.25, 0.3) is 5.91 Å². The molecule has 136 valence electrons. The SMILES string of the molecule is COc1cccc2cc(C(=O)NC[C@H](c3cccs3)N(C)C)c(=O)oc12. The van der Waals surface area contributed by atoms with Crippen molar-refractivity contribution in [1.29, 1.82) is 0 Å². The normalized spacial score (nSPS) is 12.3. The fourth-order valence-electron chi connectivity index (χ4n) is 2.74. The molecule has 3 aromatic rings. The van der Waals surface area contributed by atoms with E-state index < -0.39 is 11.5 Å². The van der Waals surface area contributed by atoms with Crippen LogP contribution >= 0.6 is 11.3 Å². The third-order valence-corrected chi connectivity index (χ3v) is 5.11. The maximum Gasteiger partial charge on any atom is 0.349 e. The van der Waals surface area contributed by atoms with Gasteiger partial charge in [-0.15, -0.1) is 11.3 Å². The summed E-state index contributed by atoms with van der Waals surface area (Å²) in [7, 11) is 5.40. The van der Waals surface area contributed by atoms with E-state index in [-0.39, 0.29) is 11.6 Å². The van der Waals surface area contributed by atoms with E-state index in [9.17, 15) is 9.59 Å². The molecule has 0 aliphatic carbocycles. The summed E-state index contributed by atoms with van der Waals surface area (Å²) >= 11 is 1.63. The van der Waals surface area contributed by atoms with Crippen molar-refractivity contribution in [3.63, 3.8) is 0 Å². The van der Waals surface area contributed by atoms with Crippen LogP contribution in [0.3, 0.4) is 0 Å². The number of thiophene rings is 1. The molecule has 26 heavy (non-hydrogen) atoms. The standard InChI is InChI=1S/C19H20N2O4S/c1-21(2)14(16-8-5-9-26-16)11-20-18(22)13-10-12-6-4-7-15(24-3)17(12)25-19(13)23/h4-10,14H,11H2,1-3H3,(H,20,22)/t14-/m1/s1. The molecule has 1 N–H and O–H groups in total. The Morgan fingerprint density at radius 3 is 2.77 bits per heavy atom. The van der Waals surface area contributed by atoms with Crippen molar-refractivity contribution < 1.29 is 13.9 Å². The Labute approximate surface area is 155 Å². The summed E-state index contributed by atoms with van der Waals surface area (Å²) in [5, 5.41) is 5.47. The lowest BCUT2D eigenvalue weighted by Gasteiger charge is -2.23. The minimum absolute atomic E-state index is 0.0190. The van der Waals surface area contributed by atoms with Crippen LogP contribution in [0.15, 0.2) is 51.0 Å². The van der Waals surface area contributed by atoms with Gasteiger partial charge in [-0.05, 0) is 37.7 Å². The first-order valence-corrected chi connectivity index (χ1v) is 8.98. The van der Waals surface area contributed by atoms with Crippen molar-refractivity contribution in [3.8, 4) is 5.75 Å². The average molecular weight is 372 g/mol. The molecule has 2 aromatic heterocycles. The number of carbonyl (C=O) groups is 1. The average Bonchev–Trinajstić information content (AvgIpc) is 3.14. The molecule has 6 nitrogen and oxygen atoms in total. The zero-order valence-corrected chi connectivity index (χ0v) is 15.6. The lowest BCUT2D eigenvalue weighted by atomic mass is 10.1. The summed E-state index contributed by atoms with van der Waals surface area (Å²) in [4.78, 5) is 28.0. The summed E-state index contributed by atoms with van der Waals surface area (Å²) in [6.07, 6.45) is 0. The number of likely N-dealkylation sites (N-methyl/N-ethyl adjacent to an activating group) is 1. The van der Waals surface area contributed by atoms with E-state index in [0.29, 0.717) is 23.3 Å². The predicted octanol–water partition coefficient (Wildman–Crippen LogP) is 2.90. The number of hydrogen-bond donors (Lipinski definition) is 1. The van der Waals surface area contributed by atoms with Gasteiger partial charge in [-0.3, -0.25) is 4.79 Å². The predicted molar refractivity (Wildman–Crippen MR) is 102 cm³/mol. The topological polar surface area (TPSA) is 71.8 Å². The molecule has 0 saturated carbocycles. The van der Waals surface area contributed by atoms with Crippen LogP contribution in [0.25, 0.3) is 11.0 Å². The van der Waals surface area contributed by atoms with E-state index in [1.807, 2.05) is 36.5 Å². The fraction of sp³-hybridized carbons (Fsp3) is 0.263. The van der Waals surface area contributed by atoms with Crippen LogP contribution in [0.4, 0.5) is 0 Å². The Kier molecular flexibility index (Phi) is 5.39. The zero-order chi connectivity index (χ0) is 18.7. The summed E-state index contributed by atoms with van der Waals surface area (Å²) in [5.74, 6) is 0.00352. The van der Waals surface area contributed by atoms with Gasteiger partial charge in [0, 0.05) is 16.8 Å². The Bertz CT molecular complexity index is 963. The van der Waals surface area contributed by atoms with Crippen molar-refractivity contribution in [2.75, 3.05) is 27.7 Å². The van der Waals surface area contributed by atoms with Gasteiger partial charge >= 0.3 is 5.63 Å². The van der Waals surface area contributed by atoms with E-state index in [2.05, 4.69) is 5.32 Å². The van der Waals surface area contributed by atoms with Crippen LogP contribution in [0.1, 0.15) is 21.3 Å². The van der Waals surface area contributed by atoms with Crippen LogP contribution in [-0.2, 0) is 0 Å². The molecular formula is C19H20N2O4S. The molecule has 3 rings (SSSR count). The molecule has 0 radical (unpaired) electrons. The smallest absolute Gasteiger partial charge is 0.349 e. The highest BCUT2D eigenvalue weighted by atomic mass is 32.1. The number of hydrogen-bond acceptors (Lipinski definition) is 6. The number of para-hydroxylation sites is 1. The summed E-state index contributed by atoms with van der Waals surface area (Å²) < 4.78 is 10.5. The van der Waals surface area contributed by atoms with Crippen LogP contribution < -0.4 is 15.7 Å². The second-order valence-corrected chi connectivity index (χ2v) is 7.01. The van der Waals surface area contributed by atoms with Gasteiger partial charge in [-0.2, -0.15) is 0 Å². The molecule has 1 amide bonds. The molecule has 0 aliphatic heterocycles. The van der Waals surface area contributed by atoms with Gasteiger partial charge in [0.1, 0.15) is 5.56 Å². The Morgan fingerprint density at radius 1 is 1.31 bits per heavy atom. The van der Waals surface area contributed by atoms with Gasteiger partial charge in [0.05, 0.1) is 13.2 Å². The number of fused-ring (bicyclic) bond motifs is 1. The molecule has 0 fully saturated rings. The summed E-state index contributed by atoms with van der Waals surface area (Å²) in [5.41, 5.74) is -0.368. The highest BCUT2D eigenvalue weighted by Crippen LogP contribution is 2.25. The van der Waals surface area contributed by atoms with Crippen LogP contribution in [0.2, 0.25) is 0 Å². The molecular weight excluding hydrogens is 352 g/mol. The monoisotopic (exact) mass is 372 g/mol. The van der Waals surface area contributed by atoms with Crippen molar-refractivity contribution in [3.05, 3.63) is 62.6 Å². The molecule has 2 heterocycles. The third kappa shape index (κ3) is 3.63. The number of methoxy groups -OCH3 is 1. The molecule has 1 atom stereocenters. The number of rotatable bonds is 6. The third-order valence-electron chi connectivity index (χ3n) is 4.14. The van der Waals surface area contributed by atoms with E-state index in [1.165, 1.54) is 13.2 Å². The molecule has 0 bridgehead atoms. The fourth-order valence-corrected chi connectivity index (χ4v) is 3.66. The number of nitrogens with zero attached hydrogens (tertiary/aromatic N) is 1. The molecule has 7 heteroatoms. The first-order chi connectivity index (χ1) is 12.5. The minimum Gasteiger partial charge on any atom is -0.493 e. The van der Waals surface area contributed by atoms with Crippen LogP contribution in [0, 0.1) is 0 Å². The van der Waals surface area contributed by atoms with E-state index in [1.54, 1.807) is 29.5 Å². The number of carbonyl (C=O) groups excluding carboxylic acids is 1. The number of ether oxygens (including phenoxy) is 1. The number of amides is 1. The quantitative estimate of drug-likeness (QED) is 0.674. The maximum atomic E-state index is 12.5. The van der Waals surface area contributed by atoms with E-state index in [0.717, 1.165) is 4.88 Å². The zero-order valence-electron chi connectivity index (χ0n) is 14.8. The Balaban J connectivity index is 1.84. The molecule has 1 aromatic carbocycles. The summed E-state index contributed by atoms with van der Waals surface area (Å²) in [6.45, 7) is 0.391. The van der Waals surface area contributed by atoms with Crippen molar-refractivity contribution in [2.24, 2.45) is 0 Å². The van der Waals surface area contributed by atoms with Gasteiger partial charge < -0.3 is 19.4 Å². The van der Waals surface area contributed by atoms with Crippen molar-refractivity contribution >= 4 is 28.2 Å². The lowest BCUT2D eigenvalue weighted by molar-refractivity contribution is 0.0938. The second-order valence-electron chi connectivity index (χ2n) is 6.03. The molecule has 0 aliphatic rings. The molecule has 0 spiro atoms. The number of nitrogens with one attached hydrogen (secondary N) is 1. The van der Waals surface area contributed by atoms with E-state index in [4.69, 9.17) is 9.15 Å². The highest BCUT2D eigenvalue weighted by molar-refractivity contribution is 7.10.